The molecule has 0 aliphatic heterocycles. The number of nitrogens with zero attached hydrogens (tertiary/aromatic N) is 1. The molecular formula is C18H20F3NO. The lowest BCUT2D eigenvalue weighted by atomic mass is 10.1. The van der Waals surface area contributed by atoms with Gasteiger partial charge in [-0.3, -0.25) is 0 Å². The number of benzene rings is 2. The van der Waals surface area contributed by atoms with Crippen LogP contribution in [-0.4, -0.2) is 23.9 Å². The van der Waals surface area contributed by atoms with Gasteiger partial charge in [0.05, 0.1) is 6.54 Å². The fraction of sp³-hybridized carbons (Fsp3) is 0.333. The van der Waals surface area contributed by atoms with E-state index in [1.165, 1.54) is 0 Å². The van der Waals surface area contributed by atoms with Crippen LogP contribution < -0.4 is 4.90 Å². The van der Waals surface area contributed by atoms with Crippen molar-refractivity contribution in [3.05, 3.63) is 65.2 Å². The minimum atomic E-state index is -4.63. The molecule has 2 aromatic carbocycles. The molecule has 0 aliphatic rings. The van der Waals surface area contributed by atoms with Crippen LogP contribution in [0.1, 0.15) is 16.7 Å². The third-order valence-electron chi connectivity index (χ3n) is 3.63. The zero-order valence-electron chi connectivity index (χ0n) is 13.1. The molecule has 2 aromatic rings. The lowest BCUT2D eigenvalue weighted by Crippen LogP contribution is -2.40. The van der Waals surface area contributed by atoms with Gasteiger partial charge in [0.25, 0.3) is 0 Å². The van der Waals surface area contributed by atoms with E-state index in [1.807, 2.05) is 50.2 Å². The average Bonchev–Trinajstić information content (AvgIpc) is 2.47. The van der Waals surface area contributed by atoms with Gasteiger partial charge in [-0.25, -0.2) is 0 Å². The molecule has 0 radical (unpaired) electrons. The van der Waals surface area contributed by atoms with Crippen LogP contribution >= 0.6 is 0 Å². The summed E-state index contributed by atoms with van der Waals surface area (Å²) in [5.74, 6) is 0. The van der Waals surface area contributed by atoms with Gasteiger partial charge in [-0.15, -0.1) is 0 Å². The van der Waals surface area contributed by atoms with Crippen molar-refractivity contribution < 1.29 is 18.3 Å². The van der Waals surface area contributed by atoms with Crippen LogP contribution in [0, 0.1) is 13.8 Å². The SMILES string of the molecule is Cc1ccc(CN(CC(O)C(F)(F)F)c2cccc(C)c2)cc1. The lowest BCUT2D eigenvalue weighted by Gasteiger charge is -2.28. The van der Waals surface area contributed by atoms with E-state index >= 15 is 0 Å². The summed E-state index contributed by atoms with van der Waals surface area (Å²) in [6, 6.07) is 14.9. The largest absolute Gasteiger partial charge is 0.416 e. The highest BCUT2D eigenvalue weighted by atomic mass is 19.4. The first-order valence-electron chi connectivity index (χ1n) is 7.37. The lowest BCUT2D eigenvalue weighted by molar-refractivity contribution is -0.200. The maximum atomic E-state index is 12.7. The summed E-state index contributed by atoms with van der Waals surface area (Å²) in [5, 5.41) is 9.44. The molecule has 1 N–H and O–H groups in total. The molecule has 23 heavy (non-hydrogen) atoms. The molecule has 0 saturated heterocycles. The van der Waals surface area contributed by atoms with Gasteiger partial charge in [-0.1, -0.05) is 42.0 Å². The predicted molar refractivity (Wildman–Crippen MR) is 85.5 cm³/mol. The smallest absolute Gasteiger partial charge is 0.382 e. The Kier molecular flexibility index (Phi) is 5.31. The fourth-order valence-electron chi connectivity index (χ4n) is 2.31. The molecular weight excluding hydrogens is 303 g/mol. The van der Waals surface area contributed by atoms with Crippen molar-refractivity contribution in [2.75, 3.05) is 11.4 Å². The van der Waals surface area contributed by atoms with E-state index in [0.29, 0.717) is 12.2 Å². The summed E-state index contributed by atoms with van der Waals surface area (Å²) >= 11 is 0. The number of anilines is 1. The van der Waals surface area contributed by atoms with Crippen molar-refractivity contribution in [2.45, 2.75) is 32.7 Å². The second-order valence-corrected chi connectivity index (χ2v) is 5.76. The molecule has 124 valence electrons. The molecule has 0 bridgehead atoms. The minimum absolute atomic E-state index is 0.302. The quantitative estimate of drug-likeness (QED) is 0.890. The van der Waals surface area contributed by atoms with E-state index in [0.717, 1.165) is 16.7 Å². The Morgan fingerprint density at radius 3 is 2.22 bits per heavy atom. The second kappa shape index (κ2) is 7.04. The Balaban J connectivity index is 2.25. The molecule has 1 atom stereocenters. The van der Waals surface area contributed by atoms with E-state index in [9.17, 15) is 18.3 Å². The van der Waals surface area contributed by atoms with Crippen molar-refractivity contribution in [1.29, 1.82) is 0 Å². The van der Waals surface area contributed by atoms with Crippen molar-refractivity contribution in [2.24, 2.45) is 0 Å². The highest BCUT2D eigenvalue weighted by Gasteiger charge is 2.39. The van der Waals surface area contributed by atoms with Crippen LogP contribution in [-0.2, 0) is 6.54 Å². The first-order valence-corrected chi connectivity index (χ1v) is 7.37. The van der Waals surface area contributed by atoms with Gasteiger partial charge >= 0.3 is 6.18 Å². The number of aliphatic hydroxyl groups is 1. The molecule has 1 unspecified atom stereocenters. The molecule has 2 nitrogen and oxygen atoms in total. The zero-order valence-corrected chi connectivity index (χ0v) is 13.1. The van der Waals surface area contributed by atoms with Gasteiger partial charge in [-0.05, 0) is 37.1 Å². The first-order chi connectivity index (χ1) is 10.8. The molecule has 0 aliphatic carbocycles. The van der Waals surface area contributed by atoms with Crippen LogP contribution in [0.2, 0.25) is 0 Å². The Morgan fingerprint density at radius 2 is 1.65 bits per heavy atom. The molecule has 2 rings (SSSR count). The van der Waals surface area contributed by atoms with E-state index in [-0.39, 0.29) is 0 Å². The van der Waals surface area contributed by atoms with E-state index in [4.69, 9.17) is 0 Å². The number of halogens is 3. The first kappa shape index (κ1) is 17.3. The highest BCUT2D eigenvalue weighted by Crippen LogP contribution is 2.25. The van der Waals surface area contributed by atoms with Crippen molar-refractivity contribution >= 4 is 5.69 Å². The average molecular weight is 323 g/mol. The van der Waals surface area contributed by atoms with Gasteiger partial charge in [0.2, 0.25) is 0 Å². The van der Waals surface area contributed by atoms with Crippen molar-refractivity contribution in [1.82, 2.24) is 0 Å². The zero-order chi connectivity index (χ0) is 17.0. The molecule has 0 aromatic heterocycles. The standard InChI is InChI=1S/C18H20F3NO/c1-13-6-8-15(9-7-13)11-22(12-17(23)18(19,20)21)16-5-3-4-14(2)10-16/h3-10,17,23H,11-12H2,1-2H3. The molecule has 0 saturated carbocycles. The third kappa shape index (κ3) is 4.99. The highest BCUT2D eigenvalue weighted by molar-refractivity contribution is 5.49. The number of aryl methyl sites for hydroxylation is 2. The summed E-state index contributed by atoms with van der Waals surface area (Å²) in [5.41, 5.74) is 3.60. The number of alkyl halides is 3. The molecule has 0 amide bonds. The predicted octanol–water partition coefficient (Wildman–Crippen LogP) is 4.23. The van der Waals surface area contributed by atoms with Gasteiger partial charge in [0.1, 0.15) is 0 Å². The third-order valence-corrected chi connectivity index (χ3v) is 3.63. The maximum Gasteiger partial charge on any atom is 0.416 e. The molecule has 0 fully saturated rings. The Hall–Kier alpha value is -2.01. The van der Waals surface area contributed by atoms with Gasteiger partial charge < -0.3 is 10.0 Å². The van der Waals surface area contributed by atoms with Crippen LogP contribution in [0.4, 0.5) is 18.9 Å². The van der Waals surface area contributed by atoms with Crippen LogP contribution in [0.5, 0.6) is 0 Å². The van der Waals surface area contributed by atoms with Crippen molar-refractivity contribution in [3.8, 4) is 0 Å². The fourth-order valence-corrected chi connectivity index (χ4v) is 2.31. The van der Waals surface area contributed by atoms with Gasteiger partial charge in [0, 0.05) is 12.2 Å². The van der Waals surface area contributed by atoms with Crippen molar-refractivity contribution in [3.63, 3.8) is 0 Å². The van der Waals surface area contributed by atoms with Gasteiger partial charge in [-0.2, -0.15) is 13.2 Å². The number of aliphatic hydroxyl groups excluding tert-OH is 1. The van der Waals surface area contributed by atoms with E-state index < -0.39 is 18.8 Å². The van der Waals surface area contributed by atoms with E-state index in [1.54, 1.807) is 17.0 Å². The summed E-state index contributed by atoms with van der Waals surface area (Å²) < 4.78 is 38.2. The summed E-state index contributed by atoms with van der Waals surface area (Å²) in [6.45, 7) is 3.64. The molecule has 5 heteroatoms. The van der Waals surface area contributed by atoms with E-state index in [2.05, 4.69) is 0 Å². The van der Waals surface area contributed by atoms with Crippen LogP contribution in [0.15, 0.2) is 48.5 Å². The normalized spacial score (nSPS) is 13.0. The number of rotatable bonds is 5. The summed E-state index contributed by atoms with van der Waals surface area (Å²) in [7, 11) is 0. The van der Waals surface area contributed by atoms with Gasteiger partial charge in [0.15, 0.2) is 6.10 Å². The van der Waals surface area contributed by atoms with Crippen LogP contribution in [0.25, 0.3) is 0 Å². The summed E-state index contributed by atoms with van der Waals surface area (Å²) in [6.07, 6.45) is -7.01. The molecule has 0 heterocycles. The Morgan fingerprint density at radius 1 is 1.00 bits per heavy atom. The minimum Gasteiger partial charge on any atom is -0.382 e. The number of hydrogen-bond donors (Lipinski definition) is 1. The Labute approximate surface area is 134 Å². The second-order valence-electron chi connectivity index (χ2n) is 5.76. The number of hydrogen-bond acceptors (Lipinski definition) is 2. The maximum absolute atomic E-state index is 12.7. The van der Waals surface area contributed by atoms with Crippen LogP contribution in [0.3, 0.4) is 0 Å². The Bertz CT molecular complexity index is 637. The molecule has 0 spiro atoms. The summed E-state index contributed by atoms with van der Waals surface area (Å²) in [4.78, 5) is 1.55. The monoisotopic (exact) mass is 323 g/mol. The topological polar surface area (TPSA) is 23.5 Å².